The maximum absolute atomic E-state index is 14.8. The van der Waals surface area contributed by atoms with Crippen LogP contribution >= 0.6 is 0 Å². The lowest BCUT2D eigenvalue weighted by molar-refractivity contribution is -0.137. The van der Waals surface area contributed by atoms with E-state index in [2.05, 4.69) is 20.4 Å². The summed E-state index contributed by atoms with van der Waals surface area (Å²) in [6.45, 7) is 0. The van der Waals surface area contributed by atoms with Crippen molar-refractivity contribution in [3.8, 4) is 22.5 Å². The van der Waals surface area contributed by atoms with Crippen molar-refractivity contribution in [1.82, 2.24) is 19.7 Å². The predicted molar refractivity (Wildman–Crippen MR) is 116 cm³/mol. The number of hydrogen-bond donors (Lipinski definition) is 2. The number of benzene rings is 1. The summed E-state index contributed by atoms with van der Waals surface area (Å²) in [5.41, 5.74) is -2.83. The molecule has 178 valence electrons. The van der Waals surface area contributed by atoms with Crippen molar-refractivity contribution < 1.29 is 32.3 Å². The molecule has 12 heteroatoms. The second-order valence-electron chi connectivity index (χ2n) is 7.33. The fourth-order valence-corrected chi connectivity index (χ4v) is 3.45. The SMILES string of the molecule is Cn1ccc(-c2cc(C(=O)Nc3cncc(C(=O)O)c3-c3ccccn3)c(F)cc2C(F)(F)F)n1. The largest absolute Gasteiger partial charge is 0.478 e. The Morgan fingerprint density at radius 1 is 1.06 bits per heavy atom. The van der Waals surface area contributed by atoms with E-state index < -0.39 is 40.6 Å². The molecule has 0 aliphatic rings. The molecule has 0 aliphatic carbocycles. The van der Waals surface area contributed by atoms with Crippen LogP contribution in [0.1, 0.15) is 26.3 Å². The summed E-state index contributed by atoms with van der Waals surface area (Å²) in [5, 5.41) is 15.8. The summed E-state index contributed by atoms with van der Waals surface area (Å²) in [4.78, 5) is 32.6. The van der Waals surface area contributed by atoms with Crippen molar-refractivity contribution in [2.75, 3.05) is 5.32 Å². The zero-order valence-corrected chi connectivity index (χ0v) is 17.8. The second-order valence-corrected chi connectivity index (χ2v) is 7.33. The lowest BCUT2D eigenvalue weighted by Gasteiger charge is -2.16. The number of carbonyl (C=O) groups is 2. The van der Waals surface area contributed by atoms with Crippen LogP contribution < -0.4 is 5.32 Å². The Labute approximate surface area is 194 Å². The first-order valence-electron chi connectivity index (χ1n) is 9.91. The maximum Gasteiger partial charge on any atom is 0.417 e. The number of hydrogen-bond acceptors (Lipinski definition) is 5. The molecular formula is C23H15F4N5O3. The van der Waals surface area contributed by atoms with E-state index in [1.807, 2.05) is 0 Å². The third-order valence-electron chi connectivity index (χ3n) is 4.99. The van der Waals surface area contributed by atoms with E-state index in [9.17, 15) is 32.3 Å². The number of halogens is 4. The van der Waals surface area contributed by atoms with Crippen LogP contribution in [0.3, 0.4) is 0 Å². The molecule has 4 rings (SSSR count). The minimum atomic E-state index is -4.91. The van der Waals surface area contributed by atoms with E-state index >= 15 is 0 Å². The van der Waals surface area contributed by atoms with Crippen LogP contribution in [0, 0.1) is 5.82 Å². The van der Waals surface area contributed by atoms with Crippen LogP contribution in [-0.4, -0.2) is 36.7 Å². The monoisotopic (exact) mass is 485 g/mol. The molecule has 8 nitrogen and oxygen atoms in total. The first-order chi connectivity index (χ1) is 16.6. The molecule has 4 aromatic rings. The highest BCUT2D eigenvalue weighted by Gasteiger charge is 2.36. The minimum absolute atomic E-state index is 0.00119. The van der Waals surface area contributed by atoms with E-state index in [4.69, 9.17) is 0 Å². The summed E-state index contributed by atoms with van der Waals surface area (Å²) in [6.07, 6.45) is 0.0902. The minimum Gasteiger partial charge on any atom is -0.478 e. The van der Waals surface area contributed by atoms with Gasteiger partial charge in [0.05, 0.1) is 40.0 Å². The first-order valence-corrected chi connectivity index (χ1v) is 9.91. The highest BCUT2D eigenvalue weighted by Crippen LogP contribution is 2.38. The highest BCUT2D eigenvalue weighted by molar-refractivity contribution is 6.09. The van der Waals surface area contributed by atoms with Crippen molar-refractivity contribution in [3.63, 3.8) is 0 Å². The lowest BCUT2D eigenvalue weighted by atomic mass is 9.99. The van der Waals surface area contributed by atoms with Crippen LogP contribution in [0.4, 0.5) is 23.2 Å². The predicted octanol–water partition coefficient (Wildman–Crippen LogP) is 4.65. The Bertz CT molecular complexity index is 1440. The number of alkyl halides is 3. The number of nitrogens with one attached hydrogen (secondary N) is 1. The zero-order chi connectivity index (χ0) is 25.3. The molecule has 0 aliphatic heterocycles. The van der Waals surface area contributed by atoms with E-state index in [0.29, 0.717) is 0 Å². The van der Waals surface area contributed by atoms with Gasteiger partial charge in [-0.25, -0.2) is 9.18 Å². The molecule has 1 amide bonds. The maximum atomic E-state index is 14.8. The van der Waals surface area contributed by atoms with Gasteiger partial charge in [-0.15, -0.1) is 0 Å². The molecule has 0 saturated heterocycles. The normalized spacial score (nSPS) is 11.3. The van der Waals surface area contributed by atoms with Crippen molar-refractivity contribution in [2.45, 2.75) is 6.18 Å². The fourth-order valence-electron chi connectivity index (χ4n) is 3.45. The van der Waals surface area contributed by atoms with Crippen molar-refractivity contribution in [3.05, 3.63) is 83.7 Å². The Morgan fingerprint density at radius 2 is 1.83 bits per heavy atom. The van der Waals surface area contributed by atoms with E-state index in [0.717, 1.165) is 18.5 Å². The molecule has 3 heterocycles. The van der Waals surface area contributed by atoms with Gasteiger partial charge in [-0.3, -0.25) is 19.4 Å². The van der Waals surface area contributed by atoms with Crippen molar-refractivity contribution in [2.24, 2.45) is 7.05 Å². The molecule has 1 aromatic carbocycles. The fraction of sp³-hybridized carbons (Fsp3) is 0.0870. The number of anilines is 1. The summed E-state index contributed by atoms with van der Waals surface area (Å²) >= 11 is 0. The number of carboxylic acid groups (broad SMARTS) is 1. The first kappa shape index (κ1) is 23.5. The Balaban J connectivity index is 1.82. The van der Waals surface area contributed by atoms with Gasteiger partial charge >= 0.3 is 12.1 Å². The van der Waals surface area contributed by atoms with Gasteiger partial charge in [-0.1, -0.05) is 6.07 Å². The molecule has 0 atom stereocenters. The van der Waals surface area contributed by atoms with Gasteiger partial charge in [0.15, 0.2) is 0 Å². The van der Waals surface area contributed by atoms with Gasteiger partial charge < -0.3 is 10.4 Å². The van der Waals surface area contributed by atoms with Gasteiger partial charge in [0.25, 0.3) is 5.91 Å². The number of carboxylic acids is 1. The summed E-state index contributed by atoms with van der Waals surface area (Å²) in [6, 6.07) is 6.96. The van der Waals surface area contributed by atoms with Crippen LogP contribution in [0.15, 0.2) is 61.2 Å². The van der Waals surface area contributed by atoms with E-state index in [-0.39, 0.29) is 34.3 Å². The summed E-state index contributed by atoms with van der Waals surface area (Å²) < 4.78 is 56.8. The van der Waals surface area contributed by atoms with Crippen LogP contribution in [0.5, 0.6) is 0 Å². The van der Waals surface area contributed by atoms with Crippen molar-refractivity contribution >= 4 is 17.6 Å². The molecule has 3 aromatic heterocycles. The average molecular weight is 485 g/mol. The number of rotatable bonds is 5. The molecular weight excluding hydrogens is 470 g/mol. The number of amides is 1. The molecule has 35 heavy (non-hydrogen) atoms. The molecule has 0 saturated carbocycles. The van der Waals surface area contributed by atoms with Gasteiger partial charge in [-0.05, 0) is 30.3 Å². The van der Waals surface area contributed by atoms with Gasteiger partial charge in [0.2, 0.25) is 0 Å². The molecule has 0 bridgehead atoms. The molecule has 2 N–H and O–H groups in total. The van der Waals surface area contributed by atoms with Gasteiger partial charge in [0, 0.05) is 36.8 Å². The summed E-state index contributed by atoms with van der Waals surface area (Å²) in [7, 11) is 1.50. The smallest absolute Gasteiger partial charge is 0.417 e. The van der Waals surface area contributed by atoms with Gasteiger partial charge in [0.1, 0.15) is 5.82 Å². The Hall–Kier alpha value is -4.61. The van der Waals surface area contributed by atoms with Crippen molar-refractivity contribution in [1.29, 1.82) is 0 Å². The van der Waals surface area contributed by atoms with E-state index in [1.54, 1.807) is 12.1 Å². The average Bonchev–Trinajstić information content (AvgIpc) is 3.24. The van der Waals surface area contributed by atoms with Crippen LogP contribution in [0.25, 0.3) is 22.5 Å². The zero-order valence-electron chi connectivity index (χ0n) is 17.8. The topological polar surface area (TPSA) is 110 Å². The molecule has 0 spiro atoms. The Morgan fingerprint density at radius 3 is 2.43 bits per heavy atom. The number of aryl methyl sites for hydroxylation is 1. The quantitative estimate of drug-likeness (QED) is 0.398. The number of aromatic carboxylic acids is 1. The number of aromatic nitrogens is 4. The lowest BCUT2D eigenvalue weighted by Crippen LogP contribution is -2.18. The Kier molecular flexibility index (Phi) is 6.03. The summed E-state index contributed by atoms with van der Waals surface area (Å²) in [5.74, 6) is -3.89. The molecule has 0 radical (unpaired) electrons. The van der Waals surface area contributed by atoms with E-state index in [1.165, 1.54) is 36.3 Å². The number of pyridine rings is 2. The number of nitrogens with zero attached hydrogens (tertiary/aromatic N) is 4. The number of carbonyl (C=O) groups excluding carboxylic acids is 1. The van der Waals surface area contributed by atoms with Crippen LogP contribution in [0.2, 0.25) is 0 Å². The highest BCUT2D eigenvalue weighted by atomic mass is 19.4. The van der Waals surface area contributed by atoms with Crippen LogP contribution in [-0.2, 0) is 13.2 Å². The molecule has 0 fully saturated rings. The molecule has 0 unspecified atom stereocenters. The second kappa shape index (κ2) is 8.97. The third-order valence-corrected chi connectivity index (χ3v) is 4.99. The third kappa shape index (κ3) is 4.71. The standard InChI is InChI=1S/C23H15F4N5O3/c1-32-7-5-17(31-32)12-8-13(16(24)9-15(12)23(25,26)27)21(33)30-19-11-28-10-14(22(34)35)20(19)18-4-2-3-6-29-18/h2-11H,1H3,(H,30,33)(H,34,35). The van der Waals surface area contributed by atoms with Gasteiger partial charge in [-0.2, -0.15) is 18.3 Å².